The monoisotopic (exact) mass is 400 g/mol. The lowest BCUT2D eigenvalue weighted by Crippen LogP contribution is -2.53. The summed E-state index contributed by atoms with van der Waals surface area (Å²) in [6.07, 6.45) is 6.93. The molecule has 144 valence electrons. The van der Waals surface area contributed by atoms with Gasteiger partial charge in [-0.2, -0.15) is 0 Å². The van der Waals surface area contributed by atoms with Crippen LogP contribution in [0.4, 0.5) is 0 Å². The molecule has 1 fully saturated rings. The van der Waals surface area contributed by atoms with Gasteiger partial charge < -0.3 is 19.9 Å². The van der Waals surface area contributed by atoms with Crippen LogP contribution >= 0.6 is 24.8 Å². The molecule has 0 radical (unpaired) electrons. The van der Waals surface area contributed by atoms with Crippen molar-refractivity contribution in [2.24, 2.45) is 0 Å². The highest BCUT2D eigenvalue weighted by molar-refractivity contribution is 5.86. The summed E-state index contributed by atoms with van der Waals surface area (Å²) in [5.74, 6) is -0.0195. The lowest BCUT2D eigenvalue weighted by Gasteiger charge is -2.34. The summed E-state index contributed by atoms with van der Waals surface area (Å²) in [5, 5.41) is 6.28. The van der Waals surface area contributed by atoms with E-state index in [0.717, 1.165) is 25.2 Å². The van der Waals surface area contributed by atoms with E-state index in [1.807, 2.05) is 10.8 Å². The third-order valence-electron chi connectivity index (χ3n) is 4.62. The number of hydrogen-bond donors (Lipinski definition) is 2. The lowest BCUT2D eigenvalue weighted by atomic mass is 9.91. The highest BCUT2D eigenvalue weighted by Crippen LogP contribution is 2.22. The molecule has 6 nitrogen and oxygen atoms in total. The SMILES string of the molecule is COC1(C(=O)NCc2ccc(Cn3ccnc3)cc2)CCNCC1.Cl.Cl. The zero-order valence-electron chi connectivity index (χ0n) is 14.8. The molecule has 1 aromatic heterocycles. The van der Waals surface area contributed by atoms with E-state index >= 15 is 0 Å². The molecule has 1 aliphatic rings. The standard InChI is InChI=1S/C18H24N4O2.2ClH/c1-24-18(6-8-19-9-7-18)17(23)21-12-15-2-4-16(5-3-15)13-22-11-10-20-14-22;;/h2-5,10-11,14,19H,6-9,12-13H2,1H3,(H,21,23);2*1H. The minimum Gasteiger partial charge on any atom is -0.368 e. The van der Waals surface area contributed by atoms with Crippen LogP contribution in [0.15, 0.2) is 43.0 Å². The molecule has 1 saturated heterocycles. The first-order chi connectivity index (χ1) is 11.7. The number of hydrogen-bond acceptors (Lipinski definition) is 4. The van der Waals surface area contributed by atoms with Crippen LogP contribution in [0.3, 0.4) is 0 Å². The molecule has 1 aromatic carbocycles. The first kappa shape index (κ1) is 22.4. The summed E-state index contributed by atoms with van der Waals surface area (Å²) < 4.78 is 7.57. The van der Waals surface area contributed by atoms with Gasteiger partial charge in [0.2, 0.25) is 0 Å². The highest BCUT2D eigenvalue weighted by Gasteiger charge is 2.39. The average molecular weight is 401 g/mol. The van der Waals surface area contributed by atoms with Crippen LogP contribution in [0.1, 0.15) is 24.0 Å². The molecular formula is C18H26Cl2N4O2. The second-order valence-corrected chi connectivity index (χ2v) is 6.18. The molecule has 0 unspecified atom stereocenters. The maximum atomic E-state index is 12.5. The molecule has 1 aliphatic heterocycles. The number of rotatable bonds is 6. The van der Waals surface area contributed by atoms with Crippen molar-refractivity contribution in [1.82, 2.24) is 20.2 Å². The number of ether oxygens (including phenoxy) is 1. The summed E-state index contributed by atoms with van der Waals surface area (Å²) in [6, 6.07) is 8.26. The lowest BCUT2D eigenvalue weighted by molar-refractivity contribution is -0.146. The zero-order chi connectivity index (χ0) is 16.8. The normalized spacial score (nSPS) is 15.4. The number of methoxy groups -OCH3 is 1. The van der Waals surface area contributed by atoms with E-state index in [9.17, 15) is 4.79 Å². The molecule has 0 spiro atoms. The van der Waals surface area contributed by atoms with Crippen molar-refractivity contribution in [2.45, 2.75) is 31.5 Å². The van der Waals surface area contributed by atoms with Crippen LogP contribution < -0.4 is 10.6 Å². The number of nitrogens with zero attached hydrogens (tertiary/aromatic N) is 2. The topological polar surface area (TPSA) is 68.2 Å². The van der Waals surface area contributed by atoms with Gasteiger partial charge in [-0.15, -0.1) is 24.8 Å². The predicted octanol–water partition coefficient (Wildman–Crippen LogP) is 2.16. The van der Waals surface area contributed by atoms with Crippen molar-refractivity contribution in [1.29, 1.82) is 0 Å². The van der Waals surface area contributed by atoms with Gasteiger partial charge in [-0.1, -0.05) is 24.3 Å². The molecule has 0 aliphatic carbocycles. The van der Waals surface area contributed by atoms with Gasteiger partial charge in [0, 0.05) is 32.6 Å². The van der Waals surface area contributed by atoms with Gasteiger partial charge in [-0.3, -0.25) is 4.79 Å². The van der Waals surface area contributed by atoms with E-state index in [1.165, 1.54) is 5.56 Å². The fraction of sp³-hybridized carbons (Fsp3) is 0.444. The van der Waals surface area contributed by atoms with Crippen LogP contribution in [0.2, 0.25) is 0 Å². The van der Waals surface area contributed by atoms with Crippen LogP contribution in [0.5, 0.6) is 0 Å². The van der Waals surface area contributed by atoms with E-state index in [4.69, 9.17) is 4.74 Å². The number of carbonyl (C=O) groups excluding carboxylic acids is 1. The zero-order valence-corrected chi connectivity index (χ0v) is 16.4. The molecule has 3 rings (SSSR count). The fourth-order valence-electron chi connectivity index (χ4n) is 3.05. The largest absolute Gasteiger partial charge is 0.368 e. The van der Waals surface area contributed by atoms with E-state index in [-0.39, 0.29) is 30.7 Å². The summed E-state index contributed by atoms with van der Waals surface area (Å²) >= 11 is 0. The second kappa shape index (κ2) is 10.5. The van der Waals surface area contributed by atoms with Crippen molar-refractivity contribution in [3.63, 3.8) is 0 Å². The smallest absolute Gasteiger partial charge is 0.252 e. The number of imidazole rings is 1. The molecule has 0 bridgehead atoms. The Morgan fingerprint density at radius 2 is 1.88 bits per heavy atom. The first-order valence-electron chi connectivity index (χ1n) is 8.30. The Labute approximate surface area is 166 Å². The predicted molar refractivity (Wildman–Crippen MR) is 106 cm³/mol. The molecule has 2 heterocycles. The molecule has 8 heteroatoms. The Bertz CT molecular complexity index is 656. The molecule has 2 N–H and O–H groups in total. The van der Waals surface area contributed by atoms with Gasteiger partial charge in [0.05, 0.1) is 6.33 Å². The number of halogens is 2. The molecule has 2 aromatic rings. The number of piperidine rings is 1. The third kappa shape index (κ3) is 5.45. The van der Waals surface area contributed by atoms with E-state index in [1.54, 1.807) is 19.6 Å². The van der Waals surface area contributed by atoms with E-state index in [0.29, 0.717) is 19.4 Å². The van der Waals surface area contributed by atoms with Gasteiger partial charge in [0.1, 0.15) is 5.60 Å². The Kier molecular flexibility index (Phi) is 9.08. The highest BCUT2D eigenvalue weighted by atomic mass is 35.5. The number of aromatic nitrogens is 2. The van der Waals surface area contributed by atoms with Crippen molar-refractivity contribution >= 4 is 30.7 Å². The van der Waals surface area contributed by atoms with Crippen LogP contribution in [-0.2, 0) is 22.6 Å². The summed E-state index contributed by atoms with van der Waals surface area (Å²) in [7, 11) is 1.62. The molecule has 0 atom stereocenters. The minimum atomic E-state index is -0.688. The molecule has 26 heavy (non-hydrogen) atoms. The van der Waals surface area contributed by atoms with E-state index in [2.05, 4.69) is 39.9 Å². The van der Waals surface area contributed by atoms with Gasteiger partial charge in [-0.05, 0) is 37.1 Å². The summed E-state index contributed by atoms with van der Waals surface area (Å²) in [6.45, 7) is 2.93. The second-order valence-electron chi connectivity index (χ2n) is 6.18. The number of carbonyl (C=O) groups is 1. The Morgan fingerprint density at radius 1 is 1.23 bits per heavy atom. The minimum absolute atomic E-state index is 0. The Hall–Kier alpha value is -1.60. The van der Waals surface area contributed by atoms with Crippen molar-refractivity contribution < 1.29 is 9.53 Å². The summed E-state index contributed by atoms with van der Waals surface area (Å²) in [5.41, 5.74) is 1.60. The maximum Gasteiger partial charge on any atom is 0.252 e. The summed E-state index contributed by atoms with van der Waals surface area (Å²) in [4.78, 5) is 16.6. The van der Waals surface area contributed by atoms with Gasteiger partial charge in [0.15, 0.2) is 0 Å². The quantitative estimate of drug-likeness (QED) is 0.779. The number of benzene rings is 1. The molecular weight excluding hydrogens is 375 g/mol. The van der Waals surface area contributed by atoms with Crippen LogP contribution in [-0.4, -0.2) is 41.3 Å². The molecule has 0 saturated carbocycles. The van der Waals surface area contributed by atoms with Crippen LogP contribution in [0.25, 0.3) is 0 Å². The van der Waals surface area contributed by atoms with Crippen molar-refractivity contribution in [2.75, 3.05) is 20.2 Å². The number of nitrogens with one attached hydrogen (secondary N) is 2. The van der Waals surface area contributed by atoms with Crippen LogP contribution in [0, 0.1) is 0 Å². The maximum absolute atomic E-state index is 12.5. The third-order valence-corrected chi connectivity index (χ3v) is 4.62. The molecule has 1 amide bonds. The Balaban J connectivity index is 0.00000169. The van der Waals surface area contributed by atoms with Crippen molar-refractivity contribution in [3.05, 3.63) is 54.1 Å². The van der Waals surface area contributed by atoms with E-state index < -0.39 is 5.60 Å². The average Bonchev–Trinajstić information content (AvgIpc) is 3.14. The van der Waals surface area contributed by atoms with Crippen molar-refractivity contribution in [3.8, 4) is 0 Å². The number of amides is 1. The van der Waals surface area contributed by atoms with Gasteiger partial charge >= 0.3 is 0 Å². The van der Waals surface area contributed by atoms with Gasteiger partial charge in [-0.25, -0.2) is 4.98 Å². The first-order valence-corrected chi connectivity index (χ1v) is 8.30. The Morgan fingerprint density at radius 3 is 2.46 bits per heavy atom. The van der Waals surface area contributed by atoms with Gasteiger partial charge in [0.25, 0.3) is 5.91 Å². The fourth-order valence-corrected chi connectivity index (χ4v) is 3.05.